The van der Waals surface area contributed by atoms with Gasteiger partial charge in [0.1, 0.15) is 6.42 Å². The van der Waals surface area contributed by atoms with Crippen molar-refractivity contribution >= 4 is 23.1 Å². The van der Waals surface area contributed by atoms with E-state index in [0.717, 1.165) is 0 Å². The van der Waals surface area contributed by atoms with E-state index in [1.54, 1.807) is 24.4 Å². The van der Waals surface area contributed by atoms with E-state index in [-0.39, 0.29) is 12.2 Å². The number of carbonyl (C=O) groups is 2. The van der Waals surface area contributed by atoms with E-state index in [2.05, 4.69) is 4.74 Å². The van der Waals surface area contributed by atoms with Gasteiger partial charge in [-0.25, -0.2) is 0 Å². The van der Waals surface area contributed by atoms with Crippen LogP contribution in [0.1, 0.15) is 36.9 Å². The molecule has 0 bridgehead atoms. The van der Waals surface area contributed by atoms with Gasteiger partial charge in [-0.2, -0.15) is 0 Å². The van der Waals surface area contributed by atoms with Crippen molar-refractivity contribution in [1.29, 1.82) is 0 Å². The molecule has 15 heavy (non-hydrogen) atoms. The summed E-state index contributed by atoms with van der Waals surface area (Å²) in [5.41, 5.74) is 0. The van der Waals surface area contributed by atoms with Gasteiger partial charge in [-0.15, -0.1) is 11.3 Å². The second-order valence-corrected chi connectivity index (χ2v) is 3.33. The number of ketones is 1. The zero-order valence-corrected chi connectivity index (χ0v) is 10.1. The molecule has 4 heteroatoms. The lowest BCUT2D eigenvalue weighted by Gasteiger charge is -1.98. The number of hydrogen-bond donors (Lipinski definition) is 0. The molecule has 0 aliphatic heterocycles. The Morgan fingerprint density at radius 2 is 2.07 bits per heavy atom. The fraction of sp³-hybridized carbons (Fsp3) is 0.455. The minimum atomic E-state index is -0.457. The van der Waals surface area contributed by atoms with Crippen molar-refractivity contribution in [1.82, 2.24) is 0 Å². The molecule has 0 radical (unpaired) electrons. The highest BCUT2D eigenvalue weighted by Crippen LogP contribution is 2.11. The lowest BCUT2D eigenvalue weighted by Crippen LogP contribution is -2.10. The lowest BCUT2D eigenvalue weighted by atomic mass is 10.2. The Morgan fingerprint density at radius 3 is 2.53 bits per heavy atom. The van der Waals surface area contributed by atoms with Gasteiger partial charge in [0.05, 0.1) is 11.5 Å². The summed E-state index contributed by atoms with van der Waals surface area (Å²) >= 11 is 1.33. The van der Waals surface area contributed by atoms with Crippen LogP contribution >= 0.6 is 11.3 Å². The number of carbonyl (C=O) groups excluding carboxylic acids is 2. The van der Waals surface area contributed by atoms with Gasteiger partial charge in [0.2, 0.25) is 0 Å². The van der Waals surface area contributed by atoms with Crippen LogP contribution in [0.25, 0.3) is 0 Å². The summed E-state index contributed by atoms with van der Waals surface area (Å²) in [5.74, 6) is -0.630. The van der Waals surface area contributed by atoms with E-state index in [4.69, 9.17) is 0 Å². The molecule has 84 valence electrons. The van der Waals surface area contributed by atoms with Crippen molar-refractivity contribution < 1.29 is 14.3 Å². The second kappa shape index (κ2) is 8.17. The first-order valence-electron chi connectivity index (χ1n) is 4.96. The number of ether oxygens (including phenoxy) is 1. The Morgan fingerprint density at radius 1 is 1.40 bits per heavy atom. The van der Waals surface area contributed by atoms with E-state index in [9.17, 15) is 9.59 Å². The standard InChI is InChI=1S/C9H10O3S.C2H6/c1-2-12-9(11)6-7(10)8-4-3-5-13-8;1-2/h3-5H,2,6H2,1H3;1-2H3. The van der Waals surface area contributed by atoms with E-state index in [1.165, 1.54) is 11.3 Å². The molecule has 1 aromatic heterocycles. The topological polar surface area (TPSA) is 43.4 Å². The Hall–Kier alpha value is -1.16. The minimum Gasteiger partial charge on any atom is -0.466 e. The zero-order valence-electron chi connectivity index (χ0n) is 9.28. The van der Waals surface area contributed by atoms with Crippen LogP contribution in [-0.4, -0.2) is 18.4 Å². The summed E-state index contributed by atoms with van der Waals surface area (Å²) in [6.45, 7) is 6.03. The van der Waals surface area contributed by atoms with Crippen molar-refractivity contribution in [2.75, 3.05) is 6.61 Å². The van der Waals surface area contributed by atoms with Crippen LogP contribution in [0.3, 0.4) is 0 Å². The molecule has 0 saturated carbocycles. The van der Waals surface area contributed by atoms with E-state index in [1.807, 2.05) is 13.8 Å². The van der Waals surface area contributed by atoms with Gasteiger partial charge in [-0.3, -0.25) is 9.59 Å². The smallest absolute Gasteiger partial charge is 0.313 e. The maximum atomic E-state index is 11.3. The number of esters is 1. The van der Waals surface area contributed by atoms with Crippen LogP contribution in [-0.2, 0) is 9.53 Å². The van der Waals surface area contributed by atoms with Gasteiger partial charge in [0, 0.05) is 0 Å². The first kappa shape index (κ1) is 13.8. The molecule has 0 aliphatic carbocycles. The summed E-state index contributed by atoms with van der Waals surface area (Å²) in [6.07, 6.45) is -0.158. The first-order valence-corrected chi connectivity index (χ1v) is 5.84. The van der Waals surface area contributed by atoms with Crippen molar-refractivity contribution in [3.8, 4) is 0 Å². The van der Waals surface area contributed by atoms with E-state index < -0.39 is 5.97 Å². The number of thiophene rings is 1. The summed E-state index contributed by atoms with van der Waals surface area (Å²) in [7, 11) is 0. The second-order valence-electron chi connectivity index (χ2n) is 2.38. The highest BCUT2D eigenvalue weighted by atomic mass is 32.1. The fourth-order valence-electron chi connectivity index (χ4n) is 0.867. The van der Waals surface area contributed by atoms with Gasteiger partial charge in [-0.05, 0) is 18.4 Å². The first-order chi connectivity index (χ1) is 7.24. The lowest BCUT2D eigenvalue weighted by molar-refractivity contribution is -0.141. The monoisotopic (exact) mass is 228 g/mol. The highest BCUT2D eigenvalue weighted by Gasteiger charge is 2.12. The number of rotatable bonds is 4. The molecule has 0 spiro atoms. The van der Waals surface area contributed by atoms with Gasteiger partial charge in [-0.1, -0.05) is 19.9 Å². The maximum absolute atomic E-state index is 11.3. The molecule has 0 unspecified atom stereocenters. The predicted molar refractivity (Wildman–Crippen MR) is 61.2 cm³/mol. The number of hydrogen-bond acceptors (Lipinski definition) is 4. The van der Waals surface area contributed by atoms with Gasteiger partial charge < -0.3 is 4.74 Å². The Balaban J connectivity index is 0.000000921. The molecule has 1 heterocycles. The molecule has 0 aromatic carbocycles. The van der Waals surface area contributed by atoms with Crippen molar-refractivity contribution in [2.24, 2.45) is 0 Å². The summed E-state index contributed by atoms with van der Waals surface area (Å²) in [5, 5.41) is 1.80. The molecule has 1 rings (SSSR count). The summed E-state index contributed by atoms with van der Waals surface area (Å²) < 4.78 is 4.66. The third-order valence-corrected chi connectivity index (χ3v) is 2.32. The van der Waals surface area contributed by atoms with Crippen LogP contribution in [0.4, 0.5) is 0 Å². The van der Waals surface area contributed by atoms with Crippen molar-refractivity contribution in [3.05, 3.63) is 22.4 Å². The summed E-state index contributed by atoms with van der Waals surface area (Å²) in [6, 6.07) is 3.48. The molecule has 0 atom stereocenters. The molecule has 0 N–H and O–H groups in total. The molecule has 3 nitrogen and oxygen atoms in total. The molecule has 0 amide bonds. The van der Waals surface area contributed by atoms with E-state index >= 15 is 0 Å². The molecule has 0 aliphatic rings. The summed E-state index contributed by atoms with van der Waals surface area (Å²) in [4.78, 5) is 22.8. The number of Topliss-reactive ketones (excluding diaryl/α,β-unsaturated/α-hetero) is 1. The van der Waals surface area contributed by atoms with Gasteiger partial charge in [0.25, 0.3) is 0 Å². The molecule has 0 fully saturated rings. The molecule has 0 saturated heterocycles. The Labute approximate surface area is 94.1 Å². The van der Waals surface area contributed by atoms with Crippen LogP contribution in [0.2, 0.25) is 0 Å². The van der Waals surface area contributed by atoms with E-state index in [0.29, 0.717) is 11.5 Å². The SMILES string of the molecule is CC.CCOC(=O)CC(=O)c1cccs1. The largest absolute Gasteiger partial charge is 0.466 e. The Kier molecular flexibility index (Phi) is 7.54. The van der Waals surface area contributed by atoms with Gasteiger partial charge in [0.15, 0.2) is 5.78 Å². The van der Waals surface area contributed by atoms with Crippen LogP contribution in [0.5, 0.6) is 0 Å². The fourth-order valence-corrected chi connectivity index (χ4v) is 1.53. The third kappa shape index (κ3) is 5.32. The average Bonchev–Trinajstić information content (AvgIpc) is 2.74. The zero-order chi connectivity index (χ0) is 11.7. The van der Waals surface area contributed by atoms with Gasteiger partial charge >= 0.3 is 5.97 Å². The molecule has 1 aromatic rings. The Bertz CT molecular complexity index is 291. The minimum absolute atomic E-state index is 0.158. The normalized spacial score (nSPS) is 8.73. The molecular formula is C11H16O3S. The van der Waals surface area contributed by atoms with Crippen molar-refractivity contribution in [2.45, 2.75) is 27.2 Å². The van der Waals surface area contributed by atoms with Crippen LogP contribution in [0, 0.1) is 0 Å². The van der Waals surface area contributed by atoms with Crippen LogP contribution < -0.4 is 0 Å². The van der Waals surface area contributed by atoms with Crippen LogP contribution in [0.15, 0.2) is 17.5 Å². The maximum Gasteiger partial charge on any atom is 0.313 e. The highest BCUT2D eigenvalue weighted by molar-refractivity contribution is 7.12. The predicted octanol–water partition coefficient (Wildman–Crippen LogP) is 2.91. The molecular weight excluding hydrogens is 212 g/mol. The average molecular weight is 228 g/mol. The quantitative estimate of drug-likeness (QED) is 0.452. The van der Waals surface area contributed by atoms with Crippen molar-refractivity contribution in [3.63, 3.8) is 0 Å². The third-order valence-electron chi connectivity index (χ3n) is 1.41.